The average Bonchev–Trinajstić information content (AvgIpc) is 2.96. The predicted octanol–water partition coefficient (Wildman–Crippen LogP) is 4.04. The van der Waals surface area contributed by atoms with Crippen molar-refractivity contribution in [2.24, 2.45) is 5.73 Å². The number of nitrogens with zero attached hydrogens (tertiary/aromatic N) is 2. The number of hydrogen-bond donors (Lipinski definition) is 1. The molecule has 2 rings (SSSR count). The first-order valence-electron chi connectivity index (χ1n) is 7.07. The fourth-order valence-electron chi connectivity index (χ4n) is 1.92. The number of nitrogens with two attached hydrogens (primary N) is 1. The van der Waals surface area contributed by atoms with Crippen LogP contribution in [0.15, 0.2) is 33.7 Å². The van der Waals surface area contributed by atoms with Gasteiger partial charge in [0.15, 0.2) is 0 Å². The fourth-order valence-corrected chi connectivity index (χ4v) is 2.58. The molecule has 5 heteroatoms. The van der Waals surface area contributed by atoms with Crippen LogP contribution in [0.5, 0.6) is 0 Å². The Labute approximate surface area is 124 Å². The van der Waals surface area contributed by atoms with Gasteiger partial charge in [0.2, 0.25) is 11.7 Å². The van der Waals surface area contributed by atoms with E-state index in [0.29, 0.717) is 11.7 Å². The fraction of sp³-hybridized carbons (Fsp3) is 0.467. The summed E-state index contributed by atoms with van der Waals surface area (Å²) in [5, 5.41) is 4.02. The molecule has 0 aliphatic heterocycles. The molecule has 20 heavy (non-hydrogen) atoms. The van der Waals surface area contributed by atoms with Crippen LogP contribution >= 0.6 is 11.8 Å². The van der Waals surface area contributed by atoms with E-state index in [-0.39, 0.29) is 6.04 Å². The first-order chi connectivity index (χ1) is 9.74. The maximum absolute atomic E-state index is 6.04. The van der Waals surface area contributed by atoms with Gasteiger partial charge in [-0.2, -0.15) is 4.98 Å². The molecule has 2 aromatic rings. The van der Waals surface area contributed by atoms with Gasteiger partial charge in [-0.3, -0.25) is 0 Å². The van der Waals surface area contributed by atoms with Gasteiger partial charge in [0, 0.05) is 10.5 Å². The average molecular weight is 291 g/mol. The van der Waals surface area contributed by atoms with Crippen molar-refractivity contribution < 1.29 is 4.52 Å². The smallest absolute Gasteiger partial charge is 0.243 e. The van der Waals surface area contributed by atoms with E-state index in [1.54, 1.807) is 0 Å². The maximum atomic E-state index is 6.04. The second kappa shape index (κ2) is 7.45. The van der Waals surface area contributed by atoms with Crippen molar-refractivity contribution in [3.8, 4) is 11.4 Å². The molecule has 0 aliphatic rings. The van der Waals surface area contributed by atoms with Gasteiger partial charge in [-0.1, -0.05) is 31.8 Å². The van der Waals surface area contributed by atoms with E-state index in [4.69, 9.17) is 10.3 Å². The van der Waals surface area contributed by atoms with Crippen LogP contribution in [0.4, 0.5) is 0 Å². The van der Waals surface area contributed by atoms with Crippen molar-refractivity contribution in [1.82, 2.24) is 10.1 Å². The van der Waals surface area contributed by atoms with Crippen LogP contribution in [0, 0.1) is 0 Å². The third-order valence-corrected chi connectivity index (χ3v) is 3.95. The Hall–Kier alpha value is -1.33. The van der Waals surface area contributed by atoms with E-state index in [1.165, 1.54) is 4.90 Å². The zero-order valence-electron chi connectivity index (χ0n) is 12.0. The standard InChI is InChI=1S/C15H21N3OS/c1-3-5-6-13(16)15-17-14(18-19-15)11-7-9-12(10-8-11)20-4-2/h7-10,13H,3-6,16H2,1-2H3. The Morgan fingerprint density at radius 3 is 2.65 bits per heavy atom. The molecule has 1 aromatic heterocycles. The SMILES string of the molecule is CCCCC(N)c1nc(-c2ccc(SCC)cc2)no1. The van der Waals surface area contributed by atoms with E-state index < -0.39 is 0 Å². The molecule has 0 saturated heterocycles. The Balaban J connectivity index is 2.07. The summed E-state index contributed by atoms with van der Waals surface area (Å²) in [6.45, 7) is 4.28. The molecule has 4 nitrogen and oxygen atoms in total. The summed E-state index contributed by atoms with van der Waals surface area (Å²) in [6.07, 6.45) is 3.07. The Kier molecular flexibility index (Phi) is 5.61. The third-order valence-electron chi connectivity index (χ3n) is 3.05. The van der Waals surface area contributed by atoms with Crippen molar-refractivity contribution >= 4 is 11.8 Å². The topological polar surface area (TPSA) is 64.9 Å². The number of unbranched alkanes of at least 4 members (excludes halogenated alkanes) is 1. The molecule has 0 spiro atoms. The second-order valence-electron chi connectivity index (χ2n) is 4.66. The van der Waals surface area contributed by atoms with E-state index >= 15 is 0 Å². The van der Waals surface area contributed by atoms with Crippen molar-refractivity contribution in [3.63, 3.8) is 0 Å². The molecule has 0 saturated carbocycles. The number of rotatable bonds is 7. The largest absolute Gasteiger partial charge is 0.337 e. The highest BCUT2D eigenvalue weighted by Gasteiger charge is 2.15. The van der Waals surface area contributed by atoms with Gasteiger partial charge in [-0.15, -0.1) is 11.8 Å². The van der Waals surface area contributed by atoms with Crippen LogP contribution in [-0.2, 0) is 0 Å². The van der Waals surface area contributed by atoms with Gasteiger partial charge in [0.25, 0.3) is 0 Å². The summed E-state index contributed by atoms with van der Waals surface area (Å²) in [5.74, 6) is 2.21. The molecule has 2 N–H and O–H groups in total. The van der Waals surface area contributed by atoms with Crippen molar-refractivity contribution in [2.45, 2.75) is 44.0 Å². The first kappa shape index (κ1) is 15.1. The molecule has 0 aliphatic carbocycles. The lowest BCUT2D eigenvalue weighted by atomic mass is 10.1. The van der Waals surface area contributed by atoms with Crippen LogP contribution in [0.3, 0.4) is 0 Å². The quantitative estimate of drug-likeness (QED) is 0.780. The summed E-state index contributed by atoms with van der Waals surface area (Å²) in [4.78, 5) is 5.65. The minimum absolute atomic E-state index is 0.161. The number of aromatic nitrogens is 2. The molecule has 0 bridgehead atoms. The number of thioether (sulfide) groups is 1. The highest BCUT2D eigenvalue weighted by molar-refractivity contribution is 7.99. The monoisotopic (exact) mass is 291 g/mol. The highest BCUT2D eigenvalue weighted by atomic mass is 32.2. The number of hydrogen-bond acceptors (Lipinski definition) is 5. The highest BCUT2D eigenvalue weighted by Crippen LogP contribution is 2.23. The normalized spacial score (nSPS) is 12.6. The lowest BCUT2D eigenvalue weighted by Gasteiger charge is -2.03. The van der Waals surface area contributed by atoms with Crippen LogP contribution < -0.4 is 5.73 Å². The molecule has 0 amide bonds. The minimum Gasteiger partial charge on any atom is -0.337 e. The lowest BCUT2D eigenvalue weighted by molar-refractivity contribution is 0.346. The van der Waals surface area contributed by atoms with Crippen molar-refractivity contribution in [3.05, 3.63) is 30.2 Å². The Morgan fingerprint density at radius 1 is 1.25 bits per heavy atom. The van der Waals surface area contributed by atoms with Crippen LogP contribution in [-0.4, -0.2) is 15.9 Å². The molecule has 1 unspecified atom stereocenters. The van der Waals surface area contributed by atoms with Crippen molar-refractivity contribution in [1.29, 1.82) is 0 Å². The molecule has 1 heterocycles. The van der Waals surface area contributed by atoms with Gasteiger partial charge < -0.3 is 10.3 Å². The summed E-state index contributed by atoms with van der Waals surface area (Å²) < 4.78 is 5.26. The van der Waals surface area contributed by atoms with Crippen LogP contribution in [0.25, 0.3) is 11.4 Å². The zero-order valence-corrected chi connectivity index (χ0v) is 12.8. The van der Waals surface area contributed by atoms with Crippen LogP contribution in [0.1, 0.15) is 45.0 Å². The summed E-state index contributed by atoms with van der Waals surface area (Å²) in [5.41, 5.74) is 7.00. The summed E-state index contributed by atoms with van der Waals surface area (Å²) >= 11 is 1.81. The van der Waals surface area contributed by atoms with E-state index in [0.717, 1.165) is 30.6 Å². The van der Waals surface area contributed by atoms with Crippen LogP contribution in [0.2, 0.25) is 0 Å². The Morgan fingerprint density at radius 2 is 2.00 bits per heavy atom. The molecule has 1 aromatic carbocycles. The second-order valence-corrected chi connectivity index (χ2v) is 6.00. The predicted molar refractivity (Wildman–Crippen MR) is 82.6 cm³/mol. The van der Waals surface area contributed by atoms with Gasteiger partial charge in [-0.05, 0) is 36.4 Å². The first-order valence-corrected chi connectivity index (χ1v) is 8.05. The molecule has 1 atom stereocenters. The molecule has 0 fully saturated rings. The molecule has 0 radical (unpaired) electrons. The van der Waals surface area contributed by atoms with E-state index in [2.05, 4.69) is 36.1 Å². The summed E-state index contributed by atoms with van der Waals surface area (Å²) in [7, 11) is 0. The lowest BCUT2D eigenvalue weighted by Crippen LogP contribution is -2.10. The molecular weight excluding hydrogens is 270 g/mol. The van der Waals surface area contributed by atoms with E-state index in [1.807, 2.05) is 23.9 Å². The molecule has 108 valence electrons. The Bertz CT molecular complexity index is 524. The maximum Gasteiger partial charge on any atom is 0.243 e. The molecular formula is C15H21N3OS. The van der Waals surface area contributed by atoms with Crippen molar-refractivity contribution in [2.75, 3.05) is 5.75 Å². The van der Waals surface area contributed by atoms with Gasteiger partial charge in [-0.25, -0.2) is 0 Å². The van der Waals surface area contributed by atoms with Gasteiger partial charge in [0.05, 0.1) is 6.04 Å². The van der Waals surface area contributed by atoms with Gasteiger partial charge >= 0.3 is 0 Å². The summed E-state index contributed by atoms with van der Waals surface area (Å²) in [6, 6.07) is 8.03. The third kappa shape index (κ3) is 3.84. The van der Waals surface area contributed by atoms with Gasteiger partial charge in [0.1, 0.15) is 0 Å². The zero-order chi connectivity index (χ0) is 14.4. The number of benzene rings is 1. The van der Waals surface area contributed by atoms with E-state index in [9.17, 15) is 0 Å². The minimum atomic E-state index is -0.161.